The number of allylic oxidation sites excluding steroid dienone is 1. The summed E-state index contributed by atoms with van der Waals surface area (Å²) in [7, 11) is 1.14. The van der Waals surface area contributed by atoms with Crippen LogP contribution in [0.25, 0.3) is 0 Å². The molecule has 2 amide bonds. The number of amides is 2. The SMILES string of the molecule is CCOc1c(Cl)cc([C@@H]2C(C#N)=C(SCC(=O)Nc3ccc(Cl)c(Cl)c3)NC(=O)[C@@H]2C(=O)OC)cc1Cl. The molecule has 13 heteroatoms. The molecule has 0 aromatic heterocycles. The molecule has 37 heavy (non-hydrogen) atoms. The number of nitriles is 1. The molecule has 194 valence electrons. The molecule has 0 unspecified atom stereocenters. The summed E-state index contributed by atoms with van der Waals surface area (Å²) in [5.74, 6) is -4.37. The Labute approximate surface area is 237 Å². The molecule has 0 saturated carbocycles. The second-order valence-corrected chi connectivity index (χ2v) is 10.1. The maximum absolute atomic E-state index is 13.0. The van der Waals surface area contributed by atoms with Gasteiger partial charge in [-0.1, -0.05) is 58.2 Å². The number of nitrogens with one attached hydrogen (secondary N) is 2. The van der Waals surface area contributed by atoms with Gasteiger partial charge >= 0.3 is 5.97 Å². The highest BCUT2D eigenvalue weighted by atomic mass is 35.5. The fraction of sp³-hybridized carbons (Fsp3) is 0.250. The molecule has 2 aromatic rings. The maximum Gasteiger partial charge on any atom is 0.319 e. The summed E-state index contributed by atoms with van der Waals surface area (Å²) in [6.45, 7) is 2.07. The van der Waals surface area contributed by atoms with Crippen LogP contribution >= 0.6 is 58.2 Å². The van der Waals surface area contributed by atoms with Gasteiger partial charge in [0.1, 0.15) is 5.92 Å². The van der Waals surface area contributed by atoms with Gasteiger partial charge in [0.2, 0.25) is 11.8 Å². The lowest BCUT2D eigenvalue weighted by Gasteiger charge is -2.31. The number of carbonyl (C=O) groups is 3. The van der Waals surface area contributed by atoms with Crippen molar-refractivity contribution in [1.29, 1.82) is 5.26 Å². The van der Waals surface area contributed by atoms with Crippen LogP contribution in [0.1, 0.15) is 18.4 Å². The Bertz CT molecular complexity index is 1300. The third kappa shape index (κ3) is 6.64. The van der Waals surface area contributed by atoms with Crippen molar-refractivity contribution < 1.29 is 23.9 Å². The van der Waals surface area contributed by atoms with Crippen molar-refractivity contribution >= 4 is 81.6 Å². The van der Waals surface area contributed by atoms with Crippen LogP contribution in [0.2, 0.25) is 20.1 Å². The lowest BCUT2D eigenvalue weighted by atomic mass is 9.78. The Hall–Kier alpha value is -2.61. The van der Waals surface area contributed by atoms with Gasteiger partial charge in [0.15, 0.2) is 5.75 Å². The van der Waals surface area contributed by atoms with E-state index in [2.05, 4.69) is 16.7 Å². The first-order chi connectivity index (χ1) is 17.6. The lowest BCUT2D eigenvalue weighted by molar-refractivity contribution is -0.150. The summed E-state index contributed by atoms with van der Waals surface area (Å²) in [4.78, 5) is 38.1. The summed E-state index contributed by atoms with van der Waals surface area (Å²) in [6, 6.07) is 9.62. The van der Waals surface area contributed by atoms with E-state index in [4.69, 9.17) is 55.9 Å². The monoisotopic (exact) mass is 601 g/mol. The fourth-order valence-electron chi connectivity index (χ4n) is 3.63. The highest BCUT2D eigenvalue weighted by molar-refractivity contribution is 8.03. The summed E-state index contributed by atoms with van der Waals surface area (Å²) in [6.07, 6.45) is 0. The first-order valence-electron chi connectivity index (χ1n) is 10.6. The fourth-order valence-corrected chi connectivity index (χ4v) is 5.39. The van der Waals surface area contributed by atoms with E-state index in [-0.39, 0.29) is 37.2 Å². The molecular formula is C24H19Cl4N3O5S. The summed E-state index contributed by atoms with van der Waals surface area (Å²) in [5.41, 5.74) is 0.793. The van der Waals surface area contributed by atoms with Crippen molar-refractivity contribution in [3.8, 4) is 11.8 Å². The number of hydrogen-bond donors (Lipinski definition) is 2. The quantitative estimate of drug-likeness (QED) is 0.289. The third-order valence-corrected chi connectivity index (χ3v) is 7.52. The van der Waals surface area contributed by atoms with E-state index in [1.807, 2.05) is 0 Å². The molecule has 0 fully saturated rings. The van der Waals surface area contributed by atoms with Crippen molar-refractivity contribution in [2.75, 3.05) is 24.8 Å². The van der Waals surface area contributed by atoms with Crippen LogP contribution in [0.5, 0.6) is 5.75 Å². The van der Waals surface area contributed by atoms with Gasteiger partial charge in [-0.25, -0.2) is 0 Å². The normalized spacial score (nSPS) is 17.1. The minimum atomic E-state index is -1.39. The van der Waals surface area contributed by atoms with Crippen LogP contribution in [0.15, 0.2) is 40.9 Å². The predicted molar refractivity (Wildman–Crippen MR) is 144 cm³/mol. The van der Waals surface area contributed by atoms with Crippen LogP contribution in [-0.4, -0.2) is 37.3 Å². The molecule has 0 bridgehead atoms. The molecule has 2 aromatic carbocycles. The standard InChI is InChI=1S/C24H19Cl4N3O5S/c1-3-36-21-16(27)6-11(7-17(21)28)19-13(9-29)23(31-22(33)20(19)24(34)35-2)37-10-18(32)30-12-4-5-14(25)15(26)8-12/h4-8,19-20H,3,10H2,1-2H3,(H,30,32)(H,31,33)/t19-,20-/m1/s1. The van der Waals surface area contributed by atoms with E-state index in [9.17, 15) is 19.6 Å². The van der Waals surface area contributed by atoms with E-state index in [1.54, 1.807) is 13.0 Å². The molecule has 1 aliphatic rings. The molecule has 0 aliphatic carbocycles. The second-order valence-electron chi connectivity index (χ2n) is 7.53. The smallest absolute Gasteiger partial charge is 0.319 e. The number of carbonyl (C=O) groups excluding carboxylic acids is 3. The zero-order chi connectivity index (χ0) is 27.3. The number of rotatable bonds is 8. The summed E-state index contributed by atoms with van der Waals surface area (Å²) < 4.78 is 10.3. The highest BCUT2D eigenvalue weighted by Gasteiger charge is 2.44. The Morgan fingerprint density at radius 3 is 2.35 bits per heavy atom. The first kappa shape index (κ1) is 29.0. The number of anilines is 1. The minimum Gasteiger partial charge on any atom is -0.491 e. The average molecular weight is 603 g/mol. The Balaban J connectivity index is 1.96. The Morgan fingerprint density at radius 2 is 1.78 bits per heavy atom. The number of esters is 1. The van der Waals surface area contributed by atoms with E-state index in [0.29, 0.717) is 22.9 Å². The molecule has 0 saturated heterocycles. The van der Waals surface area contributed by atoms with Crippen molar-refractivity contribution in [2.24, 2.45) is 5.92 Å². The van der Waals surface area contributed by atoms with Crippen LogP contribution in [0.4, 0.5) is 5.69 Å². The molecule has 8 nitrogen and oxygen atoms in total. The van der Waals surface area contributed by atoms with E-state index >= 15 is 0 Å². The van der Waals surface area contributed by atoms with Crippen LogP contribution in [0.3, 0.4) is 0 Å². The molecule has 1 aliphatic heterocycles. The van der Waals surface area contributed by atoms with Gasteiger partial charge in [-0.05, 0) is 42.8 Å². The number of nitrogens with zero attached hydrogens (tertiary/aromatic N) is 1. The summed E-state index contributed by atoms with van der Waals surface area (Å²) >= 11 is 25.5. The van der Waals surface area contributed by atoms with Gasteiger partial charge in [-0.2, -0.15) is 5.26 Å². The highest BCUT2D eigenvalue weighted by Crippen LogP contribution is 2.44. The Kier molecular flexibility index (Phi) is 9.99. The van der Waals surface area contributed by atoms with Gasteiger partial charge in [-0.15, -0.1) is 0 Å². The lowest BCUT2D eigenvalue weighted by Crippen LogP contribution is -2.44. The van der Waals surface area contributed by atoms with Crippen molar-refractivity contribution in [3.05, 3.63) is 66.6 Å². The van der Waals surface area contributed by atoms with Crippen LogP contribution in [-0.2, 0) is 19.1 Å². The van der Waals surface area contributed by atoms with Crippen LogP contribution in [0, 0.1) is 17.2 Å². The number of halogens is 4. The zero-order valence-electron chi connectivity index (χ0n) is 19.4. The average Bonchev–Trinajstić information content (AvgIpc) is 2.86. The number of ether oxygens (including phenoxy) is 2. The number of thioether (sulfide) groups is 1. The van der Waals surface area contributed by atoms with E-state index in [1.165, 1.54) is 24.3 Å². The van der Waals surface area contributed by atoms with Gasteiger partial charge in [0, 0.05) is 11.6 Å². The number of benzene rings is 2. The largest absolute Gasteiger partial charge is 0.491 e. The third-order valence-electron chi connectivity index (χ3n) is 5.20. The maximum atomic E-state index is 13.0. The number of methoxy groups -OCH3 is 1. The molecular weight excluding hydrogens is 584 g/mol. The molecule has 0 spiro atoms. The molecule has 0 radical (unpaired) electrons. The van der Waals surface area contributed by atoms with E-state index in [0.717, 1.165) is 18.9 Å². The van der Waals surface area contributed by atoms with Gasteiger partial charge in [-0.3, -0.25) is 14.4 Å². The molecule has 1 heterocycles. The molecule has 2 atom stereocenters. The molecule has 3 rings (SSSR count). The van der Waals surface area contributed by atoms with E-state index < -0.39 is 29.6 Å². The van der Waals surface area contributed by atoms with Gasteiger partial charge < -0.3 is 20.1 Å². The van der Waals surface area contributed by atoms with Gasteiger partial charge in [0.05, 0.1) is 56.2 Å². The molecule has 2 N–H and O–H groups in total. The summed E-state index contributed by atoms with van der Waals surface area (Å²) in [5, 5.41) is 16.3. The predicted octanol–water partition coefficient (Wildman–Crippen LogP) is 5.81. The Morgan fingerprint density at radius 1 is 1.11 bits per heavy atom. The first-order valence-corrected chi connectivity index (χ1v) is 13.1. The second kappa shape index (κ2) is 12.8. The van der Waals surface area contributed by atoms with Gasteiger partial charge in [0.25, 0.3) is 0 Å². The van der Waals surface area contributed by atoms with Crippen molar-refractivity contribution in [3.63, 3.8) is 0 Å². The topological polar surface area (TPSA) is 118 Å². The zero-order valence-corrected chi connectivity index (χ0v) is 23.2. The van der Waals surface area contributed by atoms with Crippen molar-refractivity contribution in [2.45, 2.75) is 12.8 Å². The minimum absolute atomic E-state index is 0.0404. The number of hydrogen-bond acceptors (Lipinski definition) is 7. The van der Waals surface area contributed by atoms with Crippen LogP contribution < -0.4 is 15.4 Å². The van der Waals surface area contributed by atoms with Crippen molar-refractivity contribution in [1.82, 2.24) is 5.32 Å².